The van der Waals surface area contributed by atoms with Crippen molar-refractivity contribution in [2.45, 2.75) is 49.2 Å². The van der Waals surface area contributed by atoms with E-state index in [0.717, 1.165) is 0 Å². The summed E-state index contributed by atoms with van der Waals surface area (Å²) in [5.74, 6) is -1.15. The maximum Gasteiger partial charge on any atom is 0.431 e. The molecular formula is C18H19ClF7NO2S. The maximum absolute atomic E-state index is 14.0. The van der Waals surface area contributed by atoms with Gasteiger partial charge in [-0.05, 0) is 29.2 Å². The van der Waals surface area contributed by atoms with E-state index in [9.17, 15) is 34.9 Å². The molecule has 0 saturated heterocycles. The van der Waals surface area contributed by atoms with Crippen molar-refractivity contribution >= 4 is 22.6 Å². The average molecular weight is 482 g/mol. The number of benzene rings is 1. The van der Waals surface area contributed by atoms with Crippen molar-refractivity contribution in [3.8, 4) is 0 Å². The largest absolute Gasteiger partial charge is 0.431 e. The molecule has 1 aliphatic heterocycles. The second-order valence-corrected chi connectivity index (χ2v) is 8.95. The molecule has 1 aromatic carbocycles. The Balaban J connectivity index is 2.59. The Labute approximate surface area is 176 Å². The van der Waals surface area contributed by atoms with Crippen molar-refractivity contribution in [3.05, 3.63) is 47.7 Å². The highest BCUT2D eigenvalue weighted by Crippen LogP contribution is 2.47. The van der Waals surface area contributed by atoms with Crippen LogP contribution in [0.5, 0.6) is 0 Å². The fourth-order valence-electron chi connectivity index (χ4n) is 2.81. The van der Waals surface area contributed by atoms with E-state index in [4.69, 9.17) is 4.74 Å². The van der Waals surface area contributed by atoms with Crippen molar-refractivity contribution in [2.75, 3.05) is 6.61 Å². The van der Waals surface area contributed by atoms with Gasteiger partial charge in [0.25, 0.3) is 0 Å². The van der Waals surface area contributed by atoms with Gasteiger partial charge in [-0.15, -0.1) is 0 Å². The van der Waals surface area contributed by atoms with Gasteiger partial charge >= 0.3 is 16.8 Å². The molecule has 3 atom stereocenters. The van der Waals surface area contributed by atoms with Crippen LogP contribution in [-0.4, -0.2) is 38.2 Å². The van der Waals surface area contributed by atoms with Gasteiger partial charge in [-0.25, -0.2) is 4.21 Å². The number of nitrogens with zero attached hydrogens (tertiary/aromatic N) is 1. The van der Waals surface area contributed by atoms with E-state index >= 15 is 0 Å². The molecule has 0 saturated carbocycles. The molecule has 0 bridgehead atoms. The van der Waals surface area contributed by atoms with Gasteiger partial charge in [-0.1, -0.05) is 44.2 Å². The van der Waals surface area contributed by atoms with Gasteiger partial charge < -0.3 is 4.74 Å². The smallest absolute Gasteiger partial charge is 0.357 e. The summed E-state index contributed by atoms with van der Waals surface area (Å²) in [6, 6.07) is 7.85. The average Bonchev–Trinajstić information content (AvgIpc) is 2.64. The minimum atomic E-state index is -5.47. The van der Waals surface area contributed by atoms with Crippen molar-refractivity contribution < 1.29 is 39.7 Å². The van der Waals surface area contributed by atoms with Crippen LogP contribution in [0, 0.1) is 5.92 Å². The number of ether oxygens (including phenoxy) is 1. The van der Waals surface area contributed by atoms with Crippen LogP contribution in [0.1, 0.15) is 31.7 Å². The Morgan fingerprint density at radius 3 is 2.17 bits per heavy atom. The molecule has 0 radical (unpaired) electrons. The monoisotopic (exact) mass is 481 g/mol. The molecule has 0 fully saturated rings. The second kappa shape index (κ2) is 9.04. The molecular weight excluding hydrogens is 463 g/mol. The van der Waals surface area contributed by atoms with Gasteiger partial charge in [0, 0.05) is 12.3 Å². The standard InChI is InChI=1S/C18H19ClF7NO2S/c1-11(2)10-29-15-9-13(12-6-4-3-5-7-12)8-14(16(20,21)22)27(15)30(28)18(25,26)17(19,23)24/h3-8,11,13,15H,9-10H2,1-2H3/t13-,15-,30-/m0/s1. The van der Waals surface area contributed by atoms with E-state index in [1.54, 1.807) is 32.0 Å². The summed E-state index contributed by atoms with van der Waals surface area (Å²) in [6.07, 6.45) is -6.79. The number of allylic oxidation sites excluding steroid dienone is 2. The molecule has 1 aliphatic rings. The minimum absolute atomic E-state index is 0.173. The Bertz CT molecular complexity index is 781. The summed E-state index contributed by atoms with van der Waals surface area (Å²) in [7, 11) is -4.17. The lowest BCUT2D eigenvalue weighted by Gasteiger charge is -2.41. The van der Waals surface area contributed by atoms with Crippen LogP contribution in [-0.2, 0) is 15.7 Å². The molecule has 0 aromatic heterocycles. The Morgan fingerprint density at radius 1 is 1.13 bits per heavy atom. The molecule has 1 aromatic rings. The Hall–Kier alpha value is -1.33. The normalized spacial score (nSPS) is 22.2. The van der Waals surface area contributed by atoms with Crippen molar-refractivity contribution in [1.29, 1.82) is 0 Å². The van der Waals surface area contributed by atoms with E-state index in [2.05, 4.69) is 11.6 Å². The third kappa shape index (κ3) is 5.47. The number of hydrogen-bond donors (Lipinski definition) is 0. The molecule has 1 heterocycles. The van der Waals surface area contributed by atoms with Gasteiger partial charge in [0.1, 0.15) is 11.9 Å². The fraction of sp³-hybridized carbons (Fsp3) is 0.556. The quantitative estimate of drug-likeness (QED) is 0.352. The number of alkyl halides is 8. The second-order valence-electron chi connectivity index (χ2n) is 7.07. The molecule has 30 heavy (non-hydrogen) atoms. The highest BCUT2D eigenvalue weighted by atomic mass is 35.5. The molecule has 2 rings (SSSR count). The predicted octanol–water partition coefficient (Wildman–Crippen LogP) is 6.01. The van der Waals surface area contributed by atoms with Crippen LogP contribution in [0.4, 0.5) is 30.7 Å². The third-order valence-electron chi connectivity index (χ3n) is 4.18. The van der Waals surface area contributed by atoms with Crippen molar-refractivity contribution in [1.82, 2.24) is 4.31 Å². The lowest BCUT2D eigenvalue weighted by Crippen LogP contribution is -2.54. The van der Waals surface area contributed by atoms with E-state index in [1.807, 2.05) is 0 Å². The first kappa shape index (κ1) is 24.9. The number of hydrogen-bond acceptors (Lipinski definition) is 2. The van der Waals surface area contributed by atoms with E-state index in [1.165, 1.54) is 12.1 Å². The summed E-state index contributed by atoms with van der Waals surface area (Å²) in [6.45, 7) is 3.13. The first-order valence-corrected chi connectivity index (χ1v) is 10.3. The predicted molar refractivity (Wildman–Crippen MR) is 98.2 cm³/mol. The van der Waals surface area contributed by atoms with Crippen LogP contribution in [0.3, 0.4) is 0 Å². The van der Waals surface area contributed by atoms with Crippen LogP contribution in [0.15, 0.2) is 42.1 Å². The van der Waals surface area contributed by atoms with Gasteiger partial charge in [-0.3, -0.25) is 4.31 Å². The lowest BCUT2D eigenvalue weighted by molar-refractivity contribution is -0.133. The molecule has 3 nitrogen and oxygen atoms in total. The van der Waals surface area contributed by atoms with Gasteiger partial charge in [0.05, 0.1) is 6.61 Å². The highest BCUT2D eigenvalue weighted by Gasteiger charge is 2.64. The molecule has 0 aliphatic carbocycles. The molecule has 0 spiro atoms. The molecule has 0 unspecified atom stereocenters. The first-order valence-electron chi connectivity index (χ1n) is 8.77. The van der Waals surface area contributed by atoms with E-state index in [0.29, 0.717) is 11.6 Å². The molecule has 0 amide bonds. The summed E-state index contributed by atoms with van der Waals surface area (Å²) in [5.41, 5.74) is -1.33. The molecule has 12 heteroatoms. The molecule has 0 N–H and O–H groups in total. The minimum Gasteiger partial charge on any atom is -0.357 e. The van der Waals surface area contributed by atoms with Crippen molar-refractivity contribution in [2.24, 2.45) is 5.92 Å². The first-order chi connectivity index (χ1) is 13.7. The fourth-order valence-corrected chi connectivity index (χ4v) is 4.16. The van der Waals surface area contributed by atoms with E-state index < -0.39 is 45.6 Å². The summed E-state index contributed by atoms with van der Waals surface area (Å²) >= 11 is 4.36. The molecule has 170 valence electrons. The van der Waals surface area contributed by atoms with Gasteiger partial charge in [0.2, 0.25) is 11.0 Å². The van der Waals surface area contributed by atoms with Crippen LogP contribution in [0.25, 0.3) is 0 Å². The highest BCUT2D eigenvalue weighted by molar-refractivity contribution is 7.84. The third-order valence-corrected chi connectivity index (χ3v) is 6.02. The maximum atomic E-state index is 14.0. The summed E-state index contributed by atoms with van der Waals surface area (Å²) < 4.78 is 113. The zero-order valence-electron chi connectivity index (χ0n) is 15.8. The Kier molecular flexibility index (Phi) is 7.51. The van der Waals surface area contributed by atoms with Crippen LogP contribution >= 0.6 is 11.6 Å². The summed E-state index contributed by atoms with van der Waals surface area (Å²) in [5, 5.41) is -10.8. The zero-order valence-corrected chi connectivity index (χ0v) is 17.4. The van der Waals surface area contributed by atoms with Gasteiger partial charge in [0.15, 0.2) is 0 Å². The lowest BCUT2D eigenvalue weighted by atomic mass is 9.91. The summed E-state index contributed by atoms with van der Waals surface area (Å²) in [4.78, 5) is 0. The SMILES string of the molecule is CC(C)CO[C@H]1C[C@@H](c2ccccc2)C=C(C(F)(F)F)N1[S@@](=O)C(F)(F)C(F)(F)Cl. The van der Waals surface area contributed by atoms with Crippen molar-refractivity contribution in [3.63, 3.8) is 0 Å². The van der Waals surface area contributed by atoms with Crippen LogP contribution in [0.2, 0.25) is 0 Å². The topological polar surface area (TPSA) is 29.5 Å². The van der Waals surface area contributed by atoms with Gasteiger partial charge in [-0.2, -0.15) is 30.7 Å². The zero-order chi connectivity index (χ0) is 22.9. The van der Waals surface area contributed by atoms with E-state index in [-0.39, 0.29) is 23.3 Å². The van der Waals surface area contributed by atoms with Crippen LogP contribution < -0.4 is 0 Å². The Morgan fingerprint density at radius 2 is 1.70 bits per heavy atom. The number of rotatable bonds is 7. The number of halogens is 8.